The minimum atomic E-state index is -3.80. The fourth-order valence-corrected chi connectivity index (χ4v) is 4.46. The summed E-state index contributed by atoms with van der Waals surface area (Å²) in [6.07, 6.45) is 4.12. The number of sulfonamides is 1. The largest absolute Gasteiger partial charge is 0.493 e. The monoisotopic (exact) mass is 391 g/mol. The van der Waals surface area contributed by atoms with Crippen LogP contribution in [0, 0.1) is 0 Å². The van der Waals surface area contributed by atoms with Crippen molar-refractivity contribution in [2.75, 3.05) is 19.7 Å². The molecule has 0 spiro atoms. The highest BCUT2D eigenvalue weighted by atomic mass is 32.2. The maximum absolute atomic E-state index is 12.9. The van der Waals surface area contributed by atoms with Gasteiger partial charge in [0.15, 0.2) is 0 Å². The summed E-state index contributed by atoms with van der Waals surface area (Å²) in [6, 6.07) is 5.82. The minimum Gasteiger partial charge on any atom is -0.493 e. The molecule has 8 nitrogen and oxygen atoms in total. The van der Waals surface area contributed by atoms with Crippen LogP contribution in [0.3, 0.4) is 0 Å². The van der Waals surface area contributed by atoms with Gasteiger partial charge >= 0.3 is 5.97 Å². The van der Waals surface area contributed by atoms with E-state index in [0.29, 0.717) is 19.6 Å². The Kier molecular flexibility index (Phi) is 5.33. The van der Waals surface area contributed by atoms with Crippen molar-refractivity contribution < 1.29 is 23.1 Å². The van der Waals surface area contributed by atoms with E-state index in [1.54, 1.807) is 17.8 Å². The standard InChI is InChI=1S/C18H21N3O5S/c1-3-26-17-5-4-14(12-15(17)18(22)23)27(24,25)21-10-7-13(8-11-21)16-6-9-19-20(16)2/h4-7,9,12H,3,8,10-11H2,1-2H3,(H,22,23). The minimum absolute atomic E-state index is 0.0549. The lowest BCUT2D eigenvalue weighted by Gasteiger charge is -2.26. The van der Waals surface area contributed by atoms with Gasteiger partial charge in [0.05, 0.1) is 17.2 Å². The summed E-state index contributed by atoms with van der Waals surface area (Å²) in [7, 11) is -1.96. The lowest BCUT2D eigenvalue weighted by Crippen LogP contribution is -2.35. The maximum Gasteiger partial charge on any atom is 0.339 e. The van der Waals surface area contributed by atoms with Crippen LogP contribution in [-0.2, 0) is 17.1 Å². The molecule has 3 rings (SSSR count). The Morgan fingerprint density at radius 2 is 2.11 bits per heavy atom. The molecule has 0 fully saturated rings. The van der Waals surface area contributed by atoms with Crippen molar-refractivity contribution in [2.24, 2.45) is 7.05 Å². The number of hydrogen-bond acceptors (Lipinski definition) is 5. The Labute approximate surface area is 157 Å². The van der Waals surface area contributed by atoms with E-state index in [4.69, 9.17) is 4.74 Å². The molecule has 1 aliphatic heterocycles. The summed E-state index contributed by atoms with van der Waals surface area (Å²) in [5, 5.41) is 13.5. The van der Waals surface area contributed by atoms with Crippen molar-refractivity contribution in [1.82, 2.24) is 14.1 Å². The third-order valence-electron chi connectivity index (χ3n) is 4.44. The highest BCUT2D eigenvalue weighted by Gasteiger charge is 2.28. The van der Waals surface area contributed by atoms with Crippen molar-refractivity contribution in [3.8, 4) is 5.75 Å². The summed E-state index contributed by atoms with van der Waals surface area (Å²) in [6.45, 7) is 2.56. The molecule has 0 unspecified atom stereocenters. The van der Waals surface area contributed by atoms with Crippen LogP contribution >= 0.6 is 0 Å². The summed E-state index contributed by atoms with van der Waals surface area (Å²) >= 11 is 0. The van der Waals surface area contributed by atoms with Crippen LogP contribution in [-0.4, -0.2) is 53.3 Å². The lowest BCUT2D eigenvalue weighted by atomic mass is 10.1. The third-order valence-corrected chi connectivity index (χ3v) is 6.30. The van der Waals surface area contributed by atoms with Crippen LogP contribution in [0.2, 0.25) is 0 Å². The summed E-state index contributed by atoms with van der Waals surface area (Å²) < 4.78 is 34.2. The van der Waals surface area contributed by atoms with Gasteiger partial charge in [0, 0.05) is 26.3 Å². The fraction of sp³-hybridized carbons (Fsp3) is 0.333. The first-order valence-electron chi connectivity index (χ1n) is 8.52. The highest BCUT2D eigenvalue weighted by Crippen LogP contribution is 2.28. The molecule has 2 heterocycles. The molecule has 0 saturated heterocycles. The van der Waals surface area contributed by atoms with Crippen molar-refractivity contribution in [1.29, 1.82) is 0 Å². The average Bonchev–Trinajstić information content (AvgIpc) is 3.08. The number of carboxylic acids is 1. The fourth-order valence-electron chi connectivity index (χ4n) is 3.06. The van der Waals surface area contributed by atoms with E-state index >= 15 is 0 Å². The van der Waals surface area contributed by atoms with Crippen molar-refractivity contribution in [2.45, 2.75) is 18.2 Å². The number of aromatic nitrogens is 2. The first-order chi connectivity index (χ1) is 12.8. The lowest BCUT2D eigenvalue weighted by molar-refractivity contribution is 0.0692. The smallest absolute Gasteiger partial charge is 0.339 e. The van der Waals surface area contributed by atoms with E-state index in [-0.39, 0.29) is 22.8 Å². The number of carboxylic acid groups (broad SMARTS) is 1. The zero-order valence-corrected chi connectivity index (χ0v) is 15.9. The van der Waals surface area contributed by atoms with Crippen LogP contribution < -0.4 is 4.74 Å². The van der Waals surface area contributed by atoms with Gasteiger partial charge in [0.25, 0.3) is 0 Å². The predicted octanol–water partition coefficient (Wildman–Crippen LogP) is 1.99. The number of benzene rings is 1. The molecular weight excluding hydrogens is 370 g/mol. The van der Waals surface area contributed by atoms with E-state index < -0.39 is 16.0 Å². The summed E-state index contributed by atoms with van der Waals surface area (Å²) in [4.78, 5) is 11.4. The molecule has 144 valence electrons. The molecule has 2 aromatic rings. The van der Waals surface area contributed by atoms with Gasteiger partial charge in [-0.1, -0.05) is 6.08 Å². The highest BCUT2D eigenvalue weighted by molar-refractivity contribution is 7.89. The average molecular weight is 391 g/mol. The molecular formula is C18H21N3O5S. The number of carbonyl (C=O) groups is 1. The van der Waals surface area contributed by atoms with Gasteiger partial charge in [-0.05, 0) is 43.2 Å². The van der Waals surface area contributed by atoms with Crippen LogP contribution in [0.5, 0.6) is 5.75 Å². The topological polar surface area (TPSA) is 102 Å². The van der Waals surface area contributed by atoms with E-state index in [9.17, 15) is 18.3 Å². The number of aromatic carboxylic acids is 1. The van der Waals surface area contributed by atoms with Gasteiger partial charge in [0.2, 0.25) is 10.0 Å². The molecule has 0 bridgehead atoms. The Morgan fingerprint density at radius 1 is 1.33 bits per heavy atom. The van der Waals surface area contributed by atoms with Crippen LogP contribution in [0.25, 0.3) is 5.57 Å². The summed E-state index contributed by atoms with van der Waals surface area (Å²) in [5.74, 6) is -1.08. The van der Waals surface area contributed by atoms with Crippen LogP contribution in [0.1, 0.15) is 29.4 Å². The van der Waals surface area contributed by atoms with Gasteiger partial charge in [0.1, 0.15) is 11.3 Å². The number of ether oxygens (including phenoxy) is 1. The third kappa shape index (κ3) is 3.74. The second-order valence-corrected chi connectivity index (χ2v) is 8.02. The van der Waals surface area contributed by atoms with Gasteiger partial charge in [-0.3, -0.25) is 4.68 Å². The van der Waals surface area contributed by atoms with Gasteiger partial charge in [-0.15, -0.1) is 0 Å². The number of hydrogen-bond donors (Lipinski definition) is 1. The van der Waals surface area contributed by atoms with E-state index in [1.807, 2.05) is 19.2 Å². The zero-order valence-electron chi connectivity index (χ0n) is 15.1. The number of rotatable bonds is 6. The first-order valence-corrected chi connectivity index (χ1v) is 9.96. The molecule has 1 aromatic carbocycles. The zero-order chi connectivity index (χ0) is 19.6. The molecule has 1 N–H and O–H groups in total. The Balaban J connectivity index is 1.87. The molecule has 0 saturated carbocycles. The Hall–Kier alpha value is -2.65. The quantitative estimate of drug-likeness (QED) is 0.808. The predicted molar refractivity (Wildman–Crippen MR) is 99.1 cm³/mol. The second-order valence-electron chi connectivity index (χ2n) is 6.08. The molecule has 0 amide bonds. The second kappa shape index (κ2) is 7.53. The van der Waals surface area contributed by atoms with Gasteiger partial charge in [-0.25, -0.2) is 13.2 Å². The molecule has 0 atom stereocenters. The number of aryl methyl sites for hydroxylation is 1. The molecule has 0 aliphatic carbocycles. The van der Waals surface area contributed by atoms with Crippen LogP contribution in [0.4, 0.5) is 0 Å². The molecule has 0 radical (unpaired) electrons. The normalized spacial score (nSPS) is 15.4. The maximum atomic E-state index is 12.9. The van der Waals surface area contributed by atoms with E-state index in [1.165, 1.54) is 16.4 Å². The van der Waals surface area contributed by atoms with Crippen molar-refractivity contribution in [3.05, 3.63) is 47.8 Å². The summed E-state index contributed by atoms with van der Waals surface area (Å²) in [5.41, 5.74) is 1.83. The molecule has 1 aromatic heterocycles. The SMILES string of the molecule is CCOc1ccc(S(=O)(=O)N2CC=C(c3ccnn3C)CC2)cc1C(=O)O. The van der Waals surface area contributed by atoms with Gasteiger partial charge < -0.3 is 9.84 Å². The number of nitrogens with zero attached hydrogens (tertiary/aromatic N) is 3. The van der Waals surface area contributed by atoms with Gasteiger partial charge in [-0.2, -0.15) is 9.40 Å². The van der Waals surface area contributed by atoms with E-state index in [2.05, 4.69) is 5.10 Å². The Bertz CT molecular complexity index is 994. The van der Waals surface area contributed by atoms with Crippen LogP contribution in [0.15, 0.2) is 41.4 Å². The molecule has 27 heavy (non-hydrogen) atoms. The van der Waals surface area contributed by atoms with Crippen molar-refractivity contribution >= 4 is 21.6 Å². The first kappa shape index (κ1) is 19.1. The Morgan fingerprint density at radius 3 is 2.67 bits per heavy atom. The molecule has 9 heteroatoms. The van der Waals surface area contributed by atoms with Crippen molar-refractivity contribution in [3.63, 3.8) is 0 Å². The van der Waals surface area contributed by atoms with E-state index in [0.717, 1.165) is 17.3 Å². The molecule has 1 aliphatic rings.